The van der Waals surface area contributed by atoms with Gasteiger partial charge >= 0.3 is 0 Å². The number of fused-ring (bicyclic) bond motifs is 2. The molecule has 2 aromatic heterocycles. The van der Waals surface area contributed by atoms with Crippen LogP contribution in [0.1, 0.15) is 110 Å². The van der Waals surface area contributed by atoms with Crippen molar-refractivity contribution in [3.05, 3.63) is 86.3 Å². The van der Waals surface area contributed by atoms with Crippen LogP contribution in [0.2, 0.25) is 0 Å². The number of carbonyl (C=O) groups is 6. The molecule has 366 valence electrons. The van der Waals surface area contributed by atoms with Gasteiger partial charge in [-0.05, 0) is 76.4 Å². The lowest BCUT2D eigenvalue weighted by Crippen LogP contribution is -2.44. The molecule has 0 spiro atoms. The van der Waals surface area contributed by atoms with Crippen LogP contribution in [-0.4, -0.2) is 159 Å². The van der Waals surface area contributed by atoms with Crippen molar-refractivity contribution >= 4 is 41.1 Å². The summed E-state index contributed by atoms with van der Waals surface area (Å²) in [5.41, 5.74) is -1.84. The third-order valence-electron chi connectivity index (χ3n) is 10.6. The molecule has 8 N–H and O–H groups in total. The first-order valence-electron chi connectivity index (χ1n) is 22.1. The van der Waals surface area contributed by atoms with E-state index in [0.29, 0.717) is 56.0 Å². The Morgan fingerprint density at radius 2 is 1.26 bits per heavy atom. The number of hydrogen-bond acceptors (Lipinski definition) is 14. The Hall–Kier alpha value is -6.52. The van der Waals surface area contributed by atoms with Crippen LogP contribution >= 0.6 is 0 Å². The molecule has 22 heteroatoms. The van der Waals surface area contributed by atoms with Crippen LogP contribution in [-0.2, 0) is 21.4 Å². The SMILES string of the molecule is C=C1NC[C@H](CCCCNC)NC(=O)c2ccc(c(=O)n2C)C(=O)NCCCN(C(=C)CN(O)C(C)=O)CCCCN(C(=O)CN(O)C(C)=O)CCCNC(=O)c2ccc1n(O)c2=O.CC. The molecule has 0 saturated heterocycles. The number of aromatic nitrogens is 2. The fraction of sp³-hybridized carbons (Fsp3) is 0.545. The molecular formula is C44H69N11O11. The van der Waals surface area contributed by atoms with Crippen molar-refractivity contribution in [2.75, 3.05) is 72.5 Å². The van der Waals surface area contributed by atoms with Gasteiger partial charge in [-0.25, -0.2) is 10.1 Å². The topological polar surface area (TPSA) is 280 Å². The van der Waals surface area contributed by atoms with E-state index in [1.165, 1.54) is 43.1 Å². The second-order valence-electron chi connectivity index (χ2n) is 15.4. The summed E-state index contributed by atoms with van der Waals surface area (Å²) in [5, 5.41) is 46.1. The van der Waals surface area contributed by atoms with E-state index in [2.05, 4.69) is 39.7 Å². The van der Waals surface area contributed by atoms with Crippen LogP contribution in [0.4, 0.5) is 0 Å². The van der Waals surface area contributed by atoms with Gasteiger partial charge in [-0.1, -0.05) is 33.4 Å². The molecule has 3 aliphatic heterocycles. The number of nitrogens with one attached hydrogen (secondary N) is 5. The first-order chi connectivity index (χ1) is 31.4. The van der Waals surface area contributed by atoms with Crippen LogP contribution < -0.4 is 37.7 Å². The minimum atomic E-state index is -1.03. The van der Waals surface area contributed by atoms with Crippen LogP contribution in [0.25, 0.3) is 5.70 Å². The standard InChI is InChI=1S/C42H63N11O11.C2H6/c1-28(26-51(62)30(3)54)49-21-9-10-22-50(37(56)27-52(63)31(4)55)24-12-20-45-39(58)34-14-16-35(53(64)42(34)61)29(2)46-25-32(13-7-8-18-43-5)47-40(59)36-17-15-33(41(60)48(36)6)38(57)44-19-11-23-49;1-2/h14-17,32,43,46,62-64H,1-2,7-13,18-27H2,3-6H3,(H,44,57)(H,45,58)(H,47,59);1-2H3/t32-;/m0./s1. The molecule has 5 heterocycles. The number of pyridine rings is 2. The molecule has 0 saturated carbocycles. The first-order valence-corrected chi connectivity index (χ1v) is 22.1. The highest BCUT2D eigenvalue weighted by molar-refractivity contribution is 5.96. The van der Waals surface area contributed by atoms with Crippen LogP contribution in [0, 0.1) is 0 Å². The van der Waals surface area contributed by atoms with Crippen molar-refractivity contribution in [1.82, 2.24) is 55.8 Å². The van der Waals surface area contributed by atoms with Crippen LogP contribution in [0.5, 0.6) is 0 Å². The zero-order valence-electron chi connectivity index (χ0n) is 39.1. The summed E-state index contributed by atoms with van der Waals surface area (Å²) in [4.78, 5) is 106. The maximum atomic E-state index is 13.6. The third-order valence-corrected chi connectivity index (χ3v) is 10.6. The van der Waals surface area contributed by atoms with Gasteiger partial charge in [0.1, 0.15) is 29.1 Å². The molecule has 3 aliphatic rings. The molecule has 4 bridgehead atoms. The van der Waals surface area contributed by atoms with Gasteiger partial charge in [-0.2, -0.15) is 0 Å². The van der Waals surface area contributed by atoms with E-state index in [0.717, 1.165) is 24.5 Å². The highest BCUT2D eigenvalue weighted by atomic mass is 16.5. The molecule has 66 heavy (non-hydrogen) atoms. The highest BCUT2D eigenvalue weighted by Gasteiger charge is 2.23. The van der Waals surface area contributed by atoms with E-state index in [9.17, 15) is 54.0 Å². The molecule has 6 amide bonds. The first kappa shape index (κ1) is 55.6. The Morgan fingerprint density at radius 3 is 1.83 bits per heavy atom. The molecular weight excluding hydrogens is 859 g/mol. The summed E-state index contributed by atoms with van der Waals surface area (Å²) in [7, 11) is 3.20. The molecule has 1 atom stereocenters. The Labute approximate surface area is 385 Å². The lowest BCUT2D eigenvalue weighted by molar-refractivity contribution is -0.169. The summed E-state index contributed by atoms with van der Waals surface area (Å²) < 4.78 is 1.36. The van der Waals surface area contributed by atoms with Crippen molar-refractivity contribution in [3.63, 3.8) is 0 Å². The molecule has 0 aliphatic carbocycles. The van der Waals surface area contributed by atoms with E-state index >= 15 is 0 Å². The van der Waals surface area contributed by atoms with E-state index in [4.69, 9.17) is 0 Å². The Balaban J connectivity index is 0.00000737. The summed E-state index contributed by atoms with van der Waals surface area (Å²) in [5.74, 6) is -3.94. The molecule has 2 aromatic rings. The molecule has 0 aromatic carbocycles. The van der Waals surface area contributed by atoms with E-state index < -0.39 is 59.1 Å². The van der Waals surface area contributed by atoms with Crippen molar-refractivity contribution in [2.45, 2.75) is 78.7 Å². The Morgan fingerprint density at radius 1 is 0.742 bits per heavy atom. The van der Waals surface area contributed by atoms with E-state index in [-0.39, 0.29) is 83.7 Å². The molecule has 22 nitrogen and oxygen atoms in total. The lowest BCUT2D eigenvalue weighted by atomic mass is 10.1. The van der Waals surface area contributed by atoms with Gasteiger partial charge in [-0.3, -0.25) is 48.8 Å². The average molecular weight is 928 g/mol. The lowest BCUT2D eigenvalue weighted by Gasteiger charge is -2.29. The monoisotopic (exact) mass is 928 g/mol. The number of nitrogens with zero attached hydrogens (tertiary/aromatic N) is 6. The number of carbonyl (C=O) groups excluding carboxylic acids is 6. The maximum absolute atomic E-state index is 13.6. The summed E-state index contributed by atoms with van der Waals surface area (Å²) in [6, 6.07) is 4.68. The van der Waals surface area contributed by atoms with Gasteiger partial charge < -0.3 is 46.2 Å². The second-order valence-corrected chi connectivity index (χ2v) is 15.4. The predicted octanol–water partition coefficient (Wildman–Crippen LogP) is 0.712. The van der Waals surface area contributed by atoms with Crippen LogP contribution in [0.3, 0.4) is 0 Å². The molecule has 0 unspecified atom stereocenters. The zero-order valence-corrected chi connectivity index (χ0v) is 39.1. The van der Waals surface area contributed by atoms with Crippen molar-refractivity contribution in [3.8, 4) is 0 Å². The van der Waals surface area contributed by atoms with Gasteiger partial charge in [-0.15, -0.1) is 4.73 Å². The smallest absolute Gasteiger partial charge is 0.296 e. The summed E-state index contributed by atoms with van der Waals surface area (Å²) in [6.45, 7) is 15.3. The van der Waals surface area contributed by atoms with Crippen molar-refractivity contribution in [1.29, 1.82) is 0 Å². The fourth-order valence-corrected chi connectivity index (χ4v) is 6.73. The quantitative estimate of drug-likeness (QED) is 0.0706. The second kappa shape index (κ2) is 28.4. The van der Waals surface area contributed by atoms with Gasteiger partial charge in [0.05, 0.1) is 12.2 Å². The Kier molecular flexibility index (Phi) is 23.9. The minimum absolute atomic E-state index is 0.00474. The molecule has 5 rings (SSSR count). The van der Waals surface area contributed by atoms with Gasteiger partial charge in [0.2, 0.25) is 17.7 Å². The largest absolute Gasteiger partial charge is 0.425 e. The van der Waals surface area contributed by atoms with Gasteiger partial charge in [0.25, 0.3) is 28.8 Å². The summed E-state index contributed by atoms with van der Waals surface area (Å²) in [6.07, 6.45) is 3.44. The molecule has 0 fully saturated rings. The minimum Gasteiger partial charge on any atom is -0.425 e. The van der Waals surface area contributed by atoms with E-state index in [1.807, 2.05) is 25.8 Å². The molecule has 0 radical (unpaired) electrons. The average Bonchev–Trinajstić information content (AvgIpc) is 3.28. The number of hydrogen-bond donors (Lipinski definition) is 8. The zero-order chi connectivity index (χ0) is 49.5. The number of amides is 6. The van der Waals surface area contributed by atoms with Crippen molar-refractivity contribution in [2.24, 2.45) is 7.05 Å². The van der Waals surface area contributed by atoms with Gasteiger partial charge in [0.15, 0.2) is 0 Å². The number of hydroxylamine groups is 4. The Bertz CT molecular complexity index is 2140. The highest BCUT2D eigenvalue weighted by Crippen LogP contribution is 2.12. The number of unbranched alkanes of at least 4 members (excludes halogenated alkanes) is 1. The van der Waals surface area contributed by atoms with Crippen molar-refractivity contribution < 1.29 is 44.4 Å². The summed E-state index contributed by atoms with van der Waals surface area (Å²) >= 11 is 0. The van der Waals surface area contributed by atoms with Crippen LogP contribution in [0.15, 0.2) is 52.7 Å². The van der Waals surface area contributed by atoms with E-state index in [1.54, 1.807) is 0 Å². The number of rotatable bonds is 10. The predicted molar refractivity (Wildman–Crippen MR) is 246 cm³/mol. The maximum Gasteiger partial charge on any atom is 0.296 e. The fourth-order valence-electron chi connectivity index (χ4n) is 6.73. The normalized spacial score (nSPS) is 16.2. The van der Waals surface area contributed by atoms with Gasteiger partial charge in [0, 0.05) is 78.4 Å². The third kappa shape index (κ3) is 17.1.